The number of hydrogen-bond donors (Lipinski definition) is 0. The molecule has 0 unspecified atom stereocenters. The molecule has 0 aliphatic carbocycles. The molecule has 3 aromatic rings. The fourth-order valence-electron chi connectivity index (χ4n) is 2.29. The number of halogens is 1. The summed E-state index contributed by atoms with van der Waals surface area (Å²) >= 11 is 7.68. The molecule has 7 heteroatoms. The van der Waals surface area contributed by atoms with E-state index in [2.05, 4.69) is 15.0 Å². The highest BCUT2D eigenvalue weighted by atomic mass is 35.5. The Morgan fingerprint density at radius 3 is 2.83 bits per heavy atom. The van der Waals surface area contributed by atoms with Crippen LogP contribution in [0.2, 0.25) is 5.15 Å². The summed E-state index contributed by atoms with van der Waals surface area (Å²) < 4.78 is 0. The van der Waals surface area contributed by atoms with Crippen molar-refractivity contribution in [3.8, 4) is 10.6 Å². The second-order valence-corrected chi connectivity index (χ2v) is 6.43. The standard InChI is InChI=1S/C17H15ClN4OS/c1-3-22(16(23)12-6-8-20-11(2)9-12)17-14(18)21-15(24-17)13-5-4-7-19-10-13/h4-10H,3H2,1-2H3. The molecule has 0 saturated carbocycles. The van der Waals surface area contributed by atoms with E-state index in [1.807, 2.05) is 26.0 Å². The van der Waals surface area contributed by atoms with Gasteiger partial charge in [-0.05, 0) is 38.1 Å². The van der Waals surface area contributed by atoms with Gasteiger partial charge < -0.3 is 0 Å². The molecule has 3 rings (SSSR count). The molecule has 0 spiro atoms. The first-order chi connectivity index (χ1) is 11.6. The molecular weight excluding hydrogens is 344 g/mol. The predicted molar refractivity (Wildman–Crippen MR) is 96.7 cm³/mol. The van der Waals surface area contributed by atoms with Crippen LogP contribution in [0.25, 0.3) is 10.6 Å². The van der Waals surface area contributed by atoms with Gasteiger partial charge in [-0.2, -0.15) is 0 Å². The molecule has 0 radical (unpaired) electrons. The maximum absolute atomic E-state index is 12.8. The Kier molecular flexibility index (Phi) is 4.87. The highest BCUT2D eigenvalue weighted by molar-refractivity contribution is 7.19. The number of aryl methyl sites for hydroxylation is 1. The minimum absolute atomic E-state index is 0.119. The Morgan fingerprint density at radius 1 is 1.33 bits per heavy atom. The van der Waals surface area contributed by atoms with Crippen LogP contribution in [0.3, 0.4) is 0 Å². The Morgan fingerprint density at radius 2 is 2.17 bits per heavy atom. The van der Waals surface area contributed by atoms with Gasteiger partial charge in [0, 0.05) is 42.0 Å². The van der Waals surface area contributed by atoms with E-state index >= 15 is 0 Å². The first kappa shape index (κ1) is 16.5. The van der Waals surface area contributed by atoms with Crippen LogP contribution in [0.15, 0.2) is 42.9 Å². The largest absolute Gasteiger partial charge is 0.297 e. The van der Waals surface area contributed by atoms with Gasteiger partial charge >= 0.3 is 0 Å². The van der Waals surface area contributed by atoms with Gasteiger partial charge in [0.15, 0.2) is 5.15 Å². The van der Waals surface area contributed by atoms with Crippen LogP contribution < -0.4 is 4.90 Å². The van der Waals surface area contributed by atoms with Crippen molar-refractivity contribution in [1.82, 2.24) is 15.0 Å². The SMILES string of the molecule is CCN(C(=O)c1ccnc(C)c1)c1sc(-c2cccnc2)nc1Cl. The molecule has 0 aromatic carbocycles. The lowest BCUT2D eigenvalue weighted by atomic mass is 10.2. The van der Waals surface area contributed by atoms with Crippen LogP contribution in [0.5, 0.6) is 0 Å². The average molecular weight is 359 g/mol. The number of anilines is 1. The number of amides is 1. The number of hydrogen-bond acceptors (Lipinski definition) is 5. The fourth-order valence-corrected chi connectivity index (χ4v) is 3.65. The van der Waals surface area contributed by atoms with Crippen LogP contribution in [0.1, 0.15) is 23.0 Å². The molecule has 0 fully saturated rings. The van der Waals surface area contributed by atoms with E-state index in [-0.39, 0.29) is 5.91 Å². The molecule has 24 heavy (non-hydrogen) atoms. The van der Waals surface area contributed by atoms with Crippen molar-refractivity contribution >= 4 is 33.8 Å². The number of pyridine rings is 2. The Balaban J connectivity index is 1.97. The van der Waals surface area contributed by atoms with Crippen molar-refractivity contribution in [3.05, 3.63) is 59.3 Å². The minimum Gasteiger partial charge on any atom is -0.297 e. The monoisotopic (exact) mass is 358 g/mol. The van der Waals surface area contributed by atoms with E-state index in [9.17, 15) is 4.79 Å². The van der Waals surface area contributed by atoms with Crippen molar-refractivity contribution in [2.24, 2.45) is 0 Å². The first-order valence-electron chi connectivity index (χ1n) is 7.41. The Labute approximate surface area is 149 Å². The molecule has 0 N–H and O–H groups in total. The highest BCUT2D eigenvalue weighted by Crippen LogP contribution is 2.37. The topological polar surface area (TPSA) is 59.0 Å². The van der Waals surface area contributed by atoms with E-state index in [0.29, 0.717) is 22.3 Å². The smallest absolute Gasteiger partial charge is 0.259 e. The van der Waals surface area contributed by atoms with Gasteiger partial charge in [-0.15, -0.1) is 0 Å². The third-order valence-corrected chi connectivity index (χ3v) is 4.93. The summed E-state index contributed by atoms with van der Waals surface area (Å²) in [6.45, 7) is 4.26. The summed E-state index contributed by atoms with van der Waals surface area (Å²) in [5, 5.41) is 1.69. The van der Waals surface area contributed by atoms with E-state index in [1.54, 1.807) is 35.6 Å². The Hall–Kier alpha value is -2.31. The zero-order valence-electron chi connectivity index (χ0n) is 13.2. The zero-order valence-corrected chi connectivity index (χ0v) is 14.8. The van der Waals surface area contributed by atoms with Crippen molar-refractivity contribution in [3.63, 3.8) is 0 Å². The van der Waals surface area contributed by atoms with Crippen LogP contribution in [0, 0.1) is 6.92 Å². The van der Waals surface area contributed by atoms with Gasteiger partial charge in [0.1, 0.15) is 10.0 Å². The lowest BCUT2D eigenvalue weighted by Crippen LogP contribution is -2.30. The van der Waals surface area contributed by atoms with Gasteiger partial charge in [0.25, 0.3) is 5.91 Å². The molecule has 0 saturated heterocycles. The highest BCUT2D eigenvalue weighted by Gasteiger charge is 2.23. The Bertz CT molecular complexity index is 866. The number of aromatic nitrogens is 3. The van der Waals surface area contributed by atoms with Gasteiger partial charge in [-0.25, -0.2) is 4.98 Å². The van der Waals surface area contributed by atoms with E-state index in [4.69, 9.17) is 11.6 Å². The predicted octanol–water partition coefficient (Wildman–Crippen LogP) is 4.23. The normalized spacial score (nSPS) is 10.6. The second-order valence-electron chi connectivity index (χ2n) is 5.09. The van der Waals surface area contributed by atoms with Crippen molar-refractivity contribution in [2.45, 2.75) is 13.8 Å². The van der Waals surface area contributed by atoms with Gasteiger partial charge in [0.2, 0.25) is 0 Å². The van der Waals surface area contributed by atoms with Crippen molar-refractivity contribution < 1.29 is 4.79 Å². The summed E-state index contributed by atoms with van der Waals surface area (Å²) in [4.78, 5) is 27.1. The van der Waals surface area contributed by atoms with E-state index < -0.39 is 0 Å². The molecule has 1 amide bonds. The molecule has 0 aliphatic rings. The van der Waals surface area contributed by atoms with Crippen LogP contribution in [-0.4, -0.2) is 27.4 Å². The number of carbonyl (C=O) groups excluding carboxylic acids is 1. The maximum atomic E-state index is 12.8. The summed E-state index contributed by atoms with van der Waals surface area (Å²) in [7, 11) is 0. The van der Waals surface area contributed by atoms with E-state index in [0.717, 1.165) is 16.3 Å². The average Bonchev–Trinajstić information content (AvgIpc) is 2.98. The van der Waals surface area contributed by atoms with Gasteiger partial charge in [-0.3, -0.25) is 19.7 Å². The number of carbonyl (C=O) groups is 1. The number of nitrogens with zero attached hydrogens (tertiary/aromatic N) is 4. The fraction of sp³-hybridized carbons (Fsp3) is 0.176. The van der Waals surface area contributed by atoms with Gasteiger partial charge in [0.05, 0.1) is 0 Å². The summed E-state index contributed by atoms with van der Waals surface area (Å²) in [6.07, 6.45) is 5.06. The summed E-state index contributed by atoms with van der Waals surface area (Å²) in [5.41, 5.74) is 2.25. The van der Waals surface area contributed by atoms with Crippen molar-refractivity contribution in [1.29, 1.82) is 0 Å². The molecular formula is C17H15ClN4OS. The summed E-state index contributed by atoms with van der Waals surface area (Å²) in [6, 6.07) is 7.22. The van der Waals surface area contributed by atoms with Crippen LogP contribution in [-0.2, 0) is 0 Å². The zero-order chi connectivity index (χ0) is 17.1. The third kappa shape index (κ3) is 3.29. The maximum Gasteiger partial charge on any atom is 0.259 e. The number of rotatable bonds is 4. The second kappa shape index (κ2) is 7.07. The molecule has 0 atom stereocenters. The van der Waals surface area contributed by atoms with E-state index in [1.165, 1.54) is 11.3 Å². The third-order valence-electron chi connectivity index (χ3n) is 3.43. The molecule has 3 aromatic heterocycles. The minimum atomic E-state index is -0.119. The van der Waals surface area contributed by atoms with Crippen LogP contribution in [0.4, 0.5) is 5.00 Å². The van der Waals surface area contributed by atoms with Crippen molar-refractivity contribution in [2.75, 3.05) is 11.4 Å². The lowest BCUT2D eigenvalue weighted by molar-refractivity contribution is 0.0988. The molecule has 5 nitrogen and oxygen atoms in total. The van der Waals surface area contributed by atoms with Crippen LogP contribution >= 0.6 is 22.9 Å². The first-order valence-corrected chi connectivity index (χ1v) is 8.61. The summed E-state index contributed by atoms with van der Waals surface area (Å²) in [5.74, 6) is -0.119. The lowest BCUT2D eigenvalue weighted by Gasteiger charge is -2.19. The molecule has 0 aliphatic heterocycles. The number of thiazole rings is 1. The molecule has 0 bridgehead atoms. The molecule has 3 heterocycles. The quantitative estimate of drug-likeness (QED) is 0.700. The molecule has 122 valence electrons. The van der Waals surface area contributed by atoms with Gasteiger partial charge in [-0.1, -0.05) is 22.9 Å².